The Kier molecular flexibility index (Phi) is 6.34. The summed E-state index contributed by atoms with van der Waals surface area (Å²) in [6.07, 6.45) is 2.30. The van der Waals surface area contributed by atoms with Crippen LogP contribution >= 0.6 is 7.60 Å². The monoisotopic (exact) mass is 435 g/mol. The van der Waals surface area contributed by atoms with Crippen molar-refractivity contribution in [3.8, 4) is 0 Å². The Morgan fingerprint density at radius 2 is 1.45 bits per heavy atom. The van der Waals surface area contributed by atoms with E-state index in [9.17, 15) is 13.0 Å². The normalized spacial score (nSPS) is 17.0. The molecule has 0 N–H and O–H groups in total. The van der Waals surface area contributed by atoms with E-state index in [0.29, 0.717) is 5.56 Å². The van der Waals surface area contributed by atoms with Crippen molar-refractivity contribution in [2.24, 2.45) is 0 Å². The minimum absolute atomic E-state index is 0.106. The second-order valence-corrected chi connectivity index (χ2v) is 11.1. The Morgan fingerprint density at radius 1 is 0.897 bits per heavy atom. The molecule has 2 aromatic carbocycles. The maximum Gasteiger partial charge on any atom is 0.359 e. The maximum atomic E-state index is 14.1. The third-order valence-corrected chi connectivity index (χ3v) is 8.72. The lowest BCUT2D eigenvalue weighted by molar-refractivity contribution is 0.129. The molecule has 0 bridgehead atoms. The predicted octanol–water partition coefficient (Wildman–Crippen LogP) is 5.40. The zero-order chi connectivity index (χ0) is 21.2. The predicted molar refractivity (Wildman–Crippen MR) is 114 cm³/mol. The van der Waals surface area contributed by atoms with Crippen LogP contribution < -0.4 is 0 Å². The van der Waals surface area contributed by atoms with Gasteiger partial charge in [0.2, 0.25) is 0 Å². The summed E-state index contributed by atoms with van der Waals surface area (Å²) in [6, 6.07) is 15.3. The Labute approximate surface area is 172 Å². The molecule has 0 amide bonds. The van der Waals surface area contributed by atoms with E-state index in [1.165, 1.54) is 18.3 Å². The third kappa shape index (κ3) is 4.48. The van der Waals surface area contributed by atoms with Crippen molar-refractivity contribution < 1.29 is 22.0 Å². The molecule has 1 heterocycles. The molecule has 1 atom stereocenters. The van der Waals surface area contributed by atoms with E-state index in [2.05, 4.69) is 0 Å². The summed E-state index contributed by atoms with van der Waals surface area (Å²) >= 11 is 0. The molecule has 8 heteroatoms. The number of fused-ring (bicyclic) bond motifs is 1. The number of sulfonamides is 1. The van der Waals surface area contributed by atoms with Gasteiger partial charge in [0.05, 0.1) is 17.1 Å². The van der Waals surface area contributed by atoms with Crippen LogP contribution in [0.2, 0.25) is 0 Å². The first-order chi connectivity index (χ1) is 13.6. The number of hydrogen-bond acceptors (Lipinski definition) is 5. The van der Waals surface area contributed by atoms with E-state index in [4.69, 9.17) is 9.05 Å². The van der Waals surface area contributed by atoms with E-state index in [-0.39, 0.29) is 4.90 Å². The zero-order valence-electron chi connectivity index (χ0n) is 16.9. The summed E-state index contributed by atoms with van der Waals surface area (Å²) in [7, 11) is -7.91. The minimum Gasteiger partial charge on any atom is -0.304 e. The van der Waals surface area contributed by atoms with Crippen molar-refractivity contribution in [1.29, 1.82) is 0 Å². The molecule has 1 unspecified atom stereocenters. The van der Waals surface area contributed by atoms with Gasteiger partial charge in [0.25, 0.3) is 10.0 Å². The molecule has 156 valence electrons. The molecule has 6 nitrogen and oxygen atoms in total. The van der Waals surface area contributed by atoms with E-state index in [1.807, 2.05) is 12.1 Å². The quantitative estimate of drug-likeness (QED) is 0.544. The zero-order valence-corrected chi connectivity index (χ0v) is 18.6. The molecule has 0 fully saturated rings. The summed E-state index contributed by atoms with van der Waals surface area (Å²) in [5.74, 6) is -1.13. The first kappa shape index (κ1) is 21.8. The van der Waals surface area contributed by atoms with Crippen LogP contribution in [0.3, 0.4) is 0 Å². The molecule has 2 aromatic rings. The molecule has 1 aliphatic heterocycles. The molecule has 0 spiro atoms. The summed E-state index contributed by atoms with van der Waals surface area (Å²) in [5, 5.41) is 0. The van der Waals surface area contributed by atoms with Gasteiger partial charge in [-0.15, -0.1) is 0 Å². The summed E-state index contributed by atoms with van der Waals surface area (Å²) in [4.78, 5) is 0.106. The van der Waals surface area contributed by atoms with Gasteiger partial charge in [-0.1, -0.05) is 42.5 Å². The van der Waals surface area contributed by atoms with Crippen molar-refractivity contribution in [2.45, 2.75) is 50.6 Å². The van der Waals surface area contributed by atoms with Crippen LogP contribution in [0.15, 0.2) is 65.7 Å². The van der Waals surface area contributed by atoms with Crippen molar-refractivity contribution in [1.82, 2.24) is 4.31 Å². The second-order valence-electron chi connectivity index (χ2n) is 7.31. The van der Waals surface area contributed by atoms with Gasteiger partial charge < -0.3 is 9.05 Å². The number of nitrogens with zero attached hydrogens (tertiary/aromatic N) is 1. The lowest BCUT2D eigenvalue weighted by Gasteiger charge is -2.38. The van der Waals surface area contributed by atoms with Crippen LogP contribution in [0.5, 0.6) is 0 Å². The Balaban J connectivity index is 2.21. The van der Waals surface area contributed by atoms with Crippen LogP contribution in [0.1, 0.15) is 44.6 Å². The molecular formula is C21H26NO5PS. The van der Waals surface area contributed by atoms with Crippen molar-refractivity contribution in [2.75, 3.05) is 0 Å². The fraction of sp³-hybridized carbons (Fsp3) is 0.333. The van der Waals surface area contributed by atoms with E-state index in [0.717, 1.165) is 9.87 Å². The van der Waals surface area contributed by atoms with Crippen molar-refractivity contribution in [3.63, 3.8) is 0 Å². The smallest absolute Gasteiger partial charge is 0.304 e. The van der Waals surface area contributed by atoms with Crippen LogP contribution in [0, 0.1) is 0 Å². The molecule has 0 saturated carbocycles. The molecule has 29 heavy (non-hydrogen) atoms. The highest BCUT2D eigenvalue weighted by Gasteiger charge is 2.48. The lowest BCUT2D eigenvalue weighted by Crippen LogP contribution is -2.34. The first-order valence-corrected chi connectivity index (χ1v) is 12.5. The average molecular weight is 435 g/mol. The van der Waals surface area contributed by atoms with Gasteiger partial charge in [-0.3, -0.25) is 8.87 Å². The third-order valence-electron chi connectivity index (χ3n) is 4.25. The highest BCUT2D eigenvalue weighted by molar-refractivity contribution is 7.89. The topological polar surface area (TPSA) is 72.9 Å². The molecule has 0 saturated heterocycles. The highest BCUT2D eigenvalue weighted by atomic mass is 32.2. The minimum atomic E-state index is -3.99. The Morgan fingerprint density at radius 3 is 2.03 bits per heavy atom. The SMILES string of the molecule is CC(C)OP(=O)(OC(C)C)C1c2ccccc2C=CN1S(=O)(=O)c1ccccc1. The number of hydrogen-bond donors (Lipinski definition) is 0. The van der Waals surface area contributed by atoms with Crippen molar-refractivity contribution in [3.05, 3.63) is 71.9 Å². The van der Waals surface area contributed by atoms with Gasteiger partial charge in [-0.25, -0.2) is 8.42 Å². The average Bonchev–Trinajstić information content (AvgIpc) is 2.66. The van der Waals surface area contributed by atoms with Gasteiger partial charge in [0.15, 0.2) is 5.78 Å². The Hall–Kier alpha value is -1.92. The summed E-state index contributed by atoms with van der Waals surface area (Å²) < 4.78 is 53.7. The summed E-state index contributed by atoms with van der Waals surface area (Å²) in [5.41, 5.74) is 1.36. The van der Waals surface area contributed by atoms with Gasteiger partial charge in [0.1, 0.15) is 0 Å². The fourth-order valence-corrected chi connectivity index (χ4v) is 7.68. The van der Waals surface area contributed by atoms with Crippen molar-refractivity contribution >= 4 is 23.7 Å². The van der Waals surface area contributed by atoms with E-state index < -0.39 is 35.6 Å². The number of benzene rings is 2. The fourth-order valence-electron chi connectivity index (χ4n) is 3.23. The molecular weight excluding hydrogens is 409 g/mol. The molecule has 0 aromatic heterocycles. The Bertz CT molecular complexity index is 1020. The van der Waals surface area contributed by atoms with Gasteiger partial charge in [0, 0.05) is 6.20 Å². The second kappa shape index (κ2) is 8.44. The van der Waals surface area contributed by atoms with Crippen LogP contribution in [-0.2, 0) is 23.6 Å². The molecule has 1 aliphatic rings. The van der Waals surface area contributed by atoms with Crippen LogP contribution in [-0.4, -0.2) is 24.9 Å². The van der Waals surface area contributed by atoms with Gasteiger partial charge >= 0.3 is 7.60 Å². The highest BCUT2D eigenvalue weighted by Crippen LogP contribution is 2.65. The molecule has 0 radical (unpaired) electrons. The van der Waals surface area contributed by atoms with E-state index >= 15 is 0 Å². The van der Waals surface area contributed by atoms with Gasteiger partial charge in [-0.2, -0.15) is 0 Å². The first-order valence-electron chi connectivity index (χ1n) is 9.47. The molecule has 0 aliphatic carbocycles. The summed E-state index contributed by atoms with van der Waals surface area (Å²) in [6.45, 7) is 6.99. The van der Waals surface area contributed by atoms with Crippen LogP contribution in [0.25, 0.3) is 6.08 Å². The molecule has 3 rings (SSSR count). The largest absolute Gasteiger partial charge is 0.359 e. The maximum absolute atomic E-state index is 14.1. The lowest BCUT2D eigenvalue weighted by atomic mass is 10.1. The van der Waals surface area contributed by atoms with E-state index in [1.54, 1.807) is 64.1 Å². The number of rotatable bonds is 7. The standard InChI is InChI=1S/C21H26NO5PS/c1-16(2)26-28(23,27-17(3)4)21-20-13-9-8-10-18(20)14-15-22(21)29(24,25)19-11-6-5-7-12-19/h5-17,21H,1-4H3. The van der Waals surface area contributed by atoms with Crippen LogP contribution in [0.4, 0.5) is 0 Å². The van der Waals surface area contributed by atoms with Gasteiger partial charge in [-0.05, 0) is 57.0 Å².